The molecule has 0 saturated carbocycles. The van der Waals surface area contributed by atoms with Crippen LogP contribution in [0.2, 0.25) is 0 Å². The molecule has 5 heteroatoms. The number of benzene rings is 3. The van der Waals surface area contributed by atoms with E-state index in [2.05, 4.69) is 0 Å². The molecule has 3 rings (SSSR count). The van der Waals surface area contributed by atoms with Gasteiger partial charge in [-0.3, -0.25) is 0 Å². The first-order chi connectivity index (χ1) is 12.4. The minimum absolute atomic E-state index is 0.266. The monoisotopic (exact) mass is 367 g/mol. The lowest BCUT2D eigenvalue weighted by atomic mass is 10.2. The minimum atomic E-state index is -3.53. The van der Waals surface area contributed by atoms with Crippen molar-refractivity contribution < 1.29 is 13.2 Å². The second kappa shape index (κ2) is 7.72. The van der Waals surface area contributed by atoms with Crippen LogP contribution in [0.25, 0.3) is 0 Å². The van der Waals surface area contributed by atoms with Gasteiger partial charge >= 0.3 is 0 Å². The molecule has 3 aromatic rings. The van der Waals surface area contributed by atoms with E-state index in [0.29, 0.717) is 10.6 Å². The highest BCUT2D eigenvalue weighted by atomic mass is 32.2. The number of nitrogens with zero attached hydrogens (tertiary/aromatic N) is 1. The largest absolute Gasteiger partial charge is 0.457 e. The summed E-state index contributed by atoms with van der Waals surface area (Å²) in [5.41, 5.74) is 1.88. The lowest BCUT2D eigenvalue weighted by Gasteiger charge is -2.18. The second-order valence-corrected chi connectivity index (χ2v) is 8.18. The Morgan fingerprint density at radius 2 is 1.50 bits per heavy atom. The van der Waals surface area contributed by atoms with Crippen molar-refractivity contribution >= 4 is 10.0 Å². The third-order valence-corrected chi connectivity index (χ3v) is 5.83. The minimum Gasteiger partial charge on any atom is -0.457 e. The van der Waals surface area contributed by atoms with Gasteiger partial charge in [0.15, 0.2) is 0 Å². The number of aryl methyl sites for hydroxylation is 1. The van der Waals surface area contributed by atoms with E-state index in [1.165, 1.54) is 4.31 Å². The van der Waals surface area contributed by atoms with Crippen LogP contribution in [0.3, 0.4) is 0 Å². The van der Waals surface area contributed by atoms with E-state index < -0.39 is 10.0 Å². The maximum Gasteiger partial charge on any atom is 0.243 e. The molecule has 0 atom stereocenters. The van der Waals surface area contributed by atoms with E-state index >= 15 is 0 Å². The first-order valence-electron chi connectivity index (χ1n) is 8.30. The Labute approximate surface area is 154 Å². The van der Waals surface area contributed by atoms with Gasteiger partial charge in [-0.2, -0.15) is 4.31 Å². The summed E-state index contributed by atoms with van der Waals surface area (Å²) >= 11 is 0. The fourth-order valence-corrected chi connectivity index (χ4v) is 3.72. The van der Waals surface area contributed by atoms with Gasteiger partial charge in [0, 0.05) is 13.6 Å². The SMILES string of the molecule is Cc1ccc(S(=O)(=O)N(C)Cc2cccc(Oc3ccccc3)c2)cc1. The number of hydrogen-bond donors (Lipinski definition) is 0. The van der Waals surface area contributed by atoms with Crippen LogP contribution in [0.5, 0.6) is 11.5 Å². The summed E-state index contributed by atoms with van der Waals surface area (Å²) < 4.78 is 32.6. The van der Waals surface area contributed by atoms with Gasteiger partial charge in [0.1, 0.15) is 11.5 Å². The lowest BCUT2D eigenvalue weighted by Crippen LogP contribution is -2.26. The maximum atomic E-state index is 12.7. The van der Waals surface area contributed by atoms with E-state index in [1.807, 2.05) is 61.5 Å². The van der Waals surface area contributed by atoms with Crippen LogP contribution in [-0.4, -0.2) is 19.8 Å². The highest BCUT2D eigenvalue weighted by Crippen LogP contribution is 2.23. The van der Waals surface area contributed by atoms with Crippen LogP contribution in [0.4, 0.5) is 0 Å². The summed E-state index contributed by atoms with van der Waals surface area (Å²) in [4.78, 5) is 0.294. The Bertz CT molecular complexity index is 968. The fraction of sp³-hybridized carbons (Fsp3) is 0.143. The predicted molar refractivity (Wildman–Crippen MR) is 103 cm³/mol. The molecule has 26 heavy (non-hydrogen) atoms. The van der Waals surface area contributed by atoms with Gasteiger partial charge in [0.25, 0.3) is 0 Å². The van der Waals surface area contributed by atoms with Crippen molar-refractivity contribution in [2.24, 2.45) is 0 Å². The number of hydrogen-bond acceptors (Lipinski definition) is 3. The third kappa shape index (κ3) is 4.31. The zero-order valence-electron chi connectivity index (χ0n) is 14.8. The van der Waals surface area contributed by atoms with Gasteiger partial charge in [-0.15, -0.1) is 0 Å². The quantitative estimate of drug-likeness (QED) is 0.639. The molecule has 0 saturated heterocycles. The van der Waals surface area contributed by atoms with Gasteiger partial charge in [0.05, 0.1) is 4.90 Å². The van der Waals surface area contributed by atoms with Crippen molar-refractivity contribution in [3.05, 3.63) is 90.0 Å². The Hall–Kier alpha value is -2.63. The van der Waals surface area contributed by atoms with Crippen molar-refractivity contribution in [1.82, 2.24) is 4.31 Å². The highest BCUT2D eigenvalue weighted by Gasteiger charge is 2.20. The molecule has 4 nitrogen and oxygen atoms in total. The topological polar surface area (TPSA) is 46.6 Å². The second-order valence-electron chi connectivity index (χ2n) is 6.14. The predicted octanol–water partition coefficient (Wildman–Crippen LogP) is 4.61. The molecule has 0 aliphatic carbocycles. The zero-order valence-corrected chi connectivity index (χ0v) is 15.6. The van der Waals surface area contributed by atoms with Gasteiger partial charge in [-0.05, 0) is 48.9 Å². The summed E-state index contributed by atoms with van der Waals surface area (Å²) in [5, 5.41) is 0. The molecule has 3 aromatic carbocycles. The first-order valence-corrected chi connectivity index (χ1v) is 9.74. The Balaban J connectivity index is 1.76. The number of ether oxygens (including phenoxy) is 1. The van der Waals surface area contributed by atoms with Crippen LogP contribution in [-0.2, 0) is 16.6 Å². The van der Waals surface area contributed by atoms with Gasteiger partial charge in [-0.1, -0.05) is 48.0 Å². The van der Waals surface area contributed by atoms with Crippen LogP contribution in [0.1, 0.15) is 11.1 Å². The lowest BCUT2D eigenvalue weighted by molar-refractivity contribution is 0.461. The summed E-state index contributed by atoms with van der Waals surface area (Å²) in [7, 11) is -1.95. The van der Waals surface area contributed by atoms with E-state index in [4.69, 9.17) is 4.74 Å². The van der Waals surface area contributed by atoms with Gasteiger partial charge in [0.2, 0.25) is 10.0 Å². The zero-order chi connectivity index (χ0) is 18.6. The van der Waals surface area contributed by atoms with Crippen LogP contribution >= 0.6 is 0 Å². The molecule has 0 radical (unpaired) electrons. The maximum absolute atomic E-state index is 12.7. The average Bonchev–Trinajstić information content (AvgIpc) is 2.63. The Morgan fingerprint density at radius 3 is 2.19 bits per heavy atom. The Kier molecular flexibility index (Phi) is 5.40. The fourth-order valence-electron chi connectivity index (χ4n) is 2.56. The molecular weight excluding hydrogens is 346 g/mol. The smallest absolute Gasteiger partial charge is 0.243 e. The van der Waals surface area contributed by atoms with Crippen molar-refractivity contribution in [3.8, 4) is 11.5 Å². The number of para-hydroxylation sites is 1. The van der Waals surface area contributed by atoms with E-state index in [9.17, 15) is 8.42 Å². The normalized spacial score (nSPS) is 11.5. The molecular formula is C21H21NO3S. The number of rotatable bonds is 6. The molecule has 0 aromatic heterocycles. The summed E-state index contributed by atoms with van der Waals surface area (Å²) in [6.07, 6.45) is 0. The number of sulfonamides is 1. The van der Waals surface area contributed by atoms with Crippen LogP contribution < -0.4 is 4.74 Å². The summed E-state index contributed by atoms with van der Waals surface area (Å²) in [6.45, 7) is 2.19. The third-order valence-electron chi connectivity index (χ3n) is 4.01. The average molecular weight is 367 g/mol. The van der Waals surface area contributed by atoms with Gasteiger partial charge < -0.3 is 4.74 Å². The van der Waals surface area contributed by atoms with Crippen molar-refractivity contribution in [2.75, 3.05) is 7.05 Å². The standard InChI is InChI=1S/C21H21NO3S/c1-17-11-13-21(14-12-17)26(23,24)22(2)16-18-7-6-10-20(15-18)25-19-8-4-3-5-9-19/h3-15H,16H2,1-2H3. The molecule has 0 bridgehead atoms. The van der Waals surface area contributed by atoms with Crippen LogP contribution in [0.15, 0.2) is 83.8 Å². The molecule has 0 spiro atoms. The molecule has 134 valence electrons. The molecule has 0 fully saturated rings. The summed E-state index contributed by atoms with van der Waals surface area (Å²) in [5.74, 6) is 1.42. The van der Waals surface area contributed by atoms with E-state index in [-0.39, 0.29) is 6.54 Å². The molecule has 0 amide bonds. The van der Waals surface area contributed by atoms with Crippen molar-refractivity contribution in [2.45, 2.75) is 18.4 Å². The van der Waals surface area contributed by atoms with E-state index in [0.717, 1.165) is 16.9 Å². The van der Waals surface area contributed by atoms with Gasteiger partial charge in [-0.25, -0.2) is 8.42 Å². The van der Waals surface area contributed by atoms with E-state index in [1.54, 1.807) is 31.3 Å². The van der Waals surface area contributed by atoms with Crippen molar-refractivity contribution in [1.29, 1.82) is 0 Å². The van der Waals surface area contributed by atoms with Crippen LogP contribution in [0, 0.1) is 6.92 Å². The molecule has 0 aliphatic heterocycles. The van der Waals surface area contributed by atoms with Crippen molar-refractivity contribution in [3.63, 3.8) is 0 Å². The highest BCUT2D eigenvalue weighted by molar-refractivity contribution is 7.89. The molecule has 0 heterocycles. The molecule has 0 unspecified atom stereocenters. The first kappa shape index (κ1) is 18.2. The molecule has 0 aliphatic rings. The Morgan fingerprint density at radius 1 is 0.846 bits per heavy atom. The molecule has 0 N–H and O–H groups in total. The summed E-state index contributed by atoms with van der Waals surface area (Å²) in [6, 6.07) is 23.8.